The summed E-state index contributed by atoms with van der Waals surface area (Å²) in [5.41, 5.74) is 1.63. The largest absolute Gasteiger partial charge is 0.387 e. The predicted octanol–water partition coefficient (Wildman–Crippen LogP) is 2.74. The molecule has 0 aliphatic carbocycles. The summed E-state index contributed by atoms with van der Waals surface area (Å²) < 4.78 is 25.9. The molecule has 2 rings (SSSR count). The van der Waals surface area contributed by atoms with Crippen LogP contribution in [0.4, 0.5) is 8.78 Å². The molecule has 2 aromatic carbocycles. The summed E-state index contributed by atoms with van der Waals surface area (Å²) in [5.74, 6) is -2.34. The molecule has 0 unspecified atom stereocenters. The lowest BCUT2D eigenvalue weighted by Crippen LogP contribution is -2.28. The molecule has 21 heavy (non-hydrogen) atoms. The minimum Gasteiger partial charge on any atom is -0.387 e. The van der Waals surface area contributed by atoms with E-state index in [0.717, 1.165) is 17.7 Å². The number of carbonyl (C=O) groups is 1. The molecule has 0 aliphatic rings. The van der Waals surface area contributed by atoms with Crippen LogP contribution in [0.25, 0.3) is 0 Å². The molecule has 2 aromatic rings. The number of aliphatic hydroxyl groups excluding tert-OH is 1. The van der Waals surface area contributed by atoms with E-state index in [1.165, 1.54) is 6.07 Å². The zero-order chi connectivity index (χ0) is 15.4. The molecule has 0 aliphatic heterocycles. The molecule has 3 nitrogen and oxygen atoms in total. The maximum Gasteiger partial charge on any atom is 0.251 e. The summed E-state index contributed by atoms with van der Waals surface area (Å²) in [6.45, 7) is 1.78. The number of aryl methyl sites for hydroxylation is 1. The fourth-order valence-corrected chi connectivity index (χ4v) is 1.92. The number of amides is 1. The first kappa shape index (κ1) is 15.1. The third-order valence-electron chi connectivity index (χ3n) is 3.06. The fraction of sp³-hybridized carbons (Fsp3) is 0.188. The summed E-state index contributed by atoms with van der Waals surface area (Å²) in [4.78, 5) is 11.9. The van der Waals surface area contributed by atoms with E-state index >= 15 is 0 Å². The fourth-order valence-electron chi connectivity index (χ4n) is 1.92. The van der Waals surface area contributed by atoms with Crippen LogP contribution in [0.5, 0.6) is 0 Å². The van der Waals surface area contributed by atoms with Gasteiger partial charge in [0.2, 0.25) is 0 Å². The Morgan fingerprint density at radius 1 is 1.19 bits per heavy atom. The molecule has 110 valence electrons. The second-order valence-corrected chi connectivity index (χ2v) is 4.77. The van der Waals surface area contributed by atoms with Crippen LogP contribution >= 0.6 is 0 Å². The first-order chi connectivity index (χ1) is 9.97. The predicted molar refractivity (Wildman–Crippen MR) is 74.8 cm³/mol. The monoisotopic (exact) mass is 291 g/mol. The van der Waals surface area contributed by atoms with Gasteiger partial charge in [0.1, 0.15) is 0 Å². The number of carbonyl (C=O) groups excluding carboxylic acids is 1. The highest BCUT2D eigenvalue weighted by Gasteiger charge is 2.13. The van der Waals surface area contributed by atoms with Crippen molar-refractivity contribution in [3.8, 4) is 0 Å². The van der Waals surface area contributed by atoms with E-state index in [2.05, 4.69) is 5.32 Å². The van der Waals surface area contributed by atoms with Crippen LogP contribution in [-0.2, 0) is 0 Å². The van der Waals surface area contributed by atoms with Gasteiger partial charge in [0.05, 0.1) is 6.10 Å². The standard InChI is InChI=1S/C16H15F2NO2/c1-10-3-2-4-12(7-10)16(21)19-9-15(20)11-5-6-13(17)14(18)8-11/h2-8,15,20H,9H2,1H3,(H,19,21)/t15-/m0/s1. The van der Waals surface area contributed by atoms with E-state index in [9.17, 15) is 18.7 Å². The smallest absolute Gasteiger partial charge is 0.251 e. The molecule has 1 amide bonds. The topological polar surface area (TPSA) is 49.3 Å². The molecule has 0 aromatic heterocycles. The zero-order valence-electron chi connectivity index (χ0n) is 11.4. The zero-order valence-corrected chi connectivity index (χ0v) is 11.4. The van der Waals surface area contributed by atoms with Crippen molar-refractivity contribution in [1.82, 2.24) is 5.32 Å². The summed E-state index contributed by atoms with van der Waals surface area (Å²) in [5, 5.41) is 12.4. The molecule has 0 radical (unpaired) electrons. The Balaban J connectivity index is 1.99. The van der Waals surface area contributed by atoms with Crippen molar-refractivity contribution in [2.75, 3.05) is 6.54 Å². The highest BCUT2D eigenvalue weighted by Crippen LogP contribution is 2.15. The quantitative estimate of drug-likeness (QED) is 0.910. The molecule has 0 spiro atoms. The van der Waals surface area contributed by atoms with E-state index in [1.54, 1.807) is 18.2 Å². The van der Waals surface area contributed by atoms with Crippen molar-refractivity contribution in [3.63, 3.8) is 0 Å². The SMILES string of the molecule is Cc1cccc(C(=O)NC[C@H](O)c2ccc(F)c(F)c2)c1. The maximum atomic E-state index is 13.1. The molecule has 5 heteroatoms. The van der Waals surface area contributed by atoms with Gasteiger partial charge >= 0.3 is 0 Å². The van der Waals surface area contributed by atoms with Gasteiger partial charge in [0.15, 0.2) is 11.6 Å². The first-order valence-corrected chi connectivity index (χ1v) is 6.45. The van der Waals surface area contributed by atoms with Gasteiger partial charge in [-0.25, -0.2) is 8.78 Å². The van der Waals surface area contributed by atoms with Crippen LogP contribution in [0.3, 0.4) is 0 Å². The maximum absolute atomic E-state index is 13.1. The summed E-state index contributed by atoms with van der Waals surface area (Å²) in [7, 11) is 0. The van der Waals surface area contributed by atoms with Gasteiger partial charge in [0.25, 0.3) is 5.91 Å². The molecule has 2 N–H and O–H groups in total. The average molecular weight is 291 g/mol. The third-order valence-corrected chi connectivity index (χ3v) is 3.06. The Morgan fingerprint density at radius 3 is 2.62 bits per heavy atom. The van der Waals surface area contributed by atoms with Crippen molar-refractivity contribution in [1.29, 1.82) is 0 Å². The molecule has 0 saturated heterocycles. The number of rotatable bonds is 4. The van der Waals surface area contributed by atoms with Gasteiger partial charge in [-0.3, -0.25) is 4.79 Å². The second kappa shape index (κ2) is 6.45. The molecule has 0 fully saturated rings. The van der Waals surface area contributed by atoms with Gasteiger partial charge in [-0.2, -0.15) is 0 Å². The van der Waals surface area contributed by atoms with Crippen LogP contribution < -0.4 is 5.32 Å². The van der Waals surface area contributed by atoms with E-state index in [0.29, 0.717) is 5.56 Å². The minimum absolute atomic E-state index is 0.0855. The normalized spacial score (nSPS) is 12.0. The third kappa shape index (κ3) is 3.86. The van der Waals surface area contributed by atoms with Crippen LogP contribution in [-0.4, -0.2) is 17.6 Å². The minimum atomic E-state index is -1.10. The molecule has 0 bridgehead atoms. The van der Waals surface area contributed by atoms with Crippen LogP contribution in [0, 0.1) is 18.6 Å². The lowest BCUT2D eigenvalue weighted by atomic mass is 10.1. The van der Waals surface area contributed by atoms with Crippen LogP contribution in [0.1, 0.15) is 27.6 Å². The van der Waals surface area contributed by atoms with Crippen molar-refractivity contribution in [3.05, 3.63) is 70.8 Å². The van der Waals surface area contributed by atoms with Gasteiger partial charge in [0, 0.05) is 12.1 Å². The summed E-state index contributed by atoms with van der Waals surface area (Å²) in [6, 6.07) is 10.1. The highest BCUT2D eigenvalue weighted by atomic mass is 19.2. The van der Waals surface area contributed by atoms with Crippen LogP contribution in [0.2, 0.25) is 0 Å². The van der Waals surface area contributed by atoms with Crippen molar-refractivity contribution in [2.24, 2.45) is 0 Å². The molecule has 0 saturated carbocycles. The van der Waals surface area contributed by atoms with E-state index < -0.39 is 17.7 Å². The number of halogens is 2. The number of benzene rings is 2. The Bertz CT molecular complexity index is 658. The average Bonchev–Trinajstić information content (AvgIpc) is 2.47. The molecular weight excluding hydrogens is 276 g/mol. The number of hydrogen-bond donors (Lipinski definition) is 2. The number of aliphatic hydroxyl groups is 1. The van der Waals surface area contributed by atoms with Gasteiger partial charge in [-0.15, -0.1) is 0 Å². The number of nitrogens with one attached hydrogen (secondary N) is 1. The van der Waals surface area contributed by atoms with Crippen molar-refractivity contribution >= 4 is 5.91 Å². The lowest BCUT2D eigenvalue weighted by molar-refractivity contribution is 0.0916. The second-order valence-electron chi connectivity index (χ2n) is 4.77. The van der Waals surface area contributed by atoms with Gasteiger partial charge in [-0.05, 0) is 36.8 Å². The summed E-state index contributed by atoms with van der Waals surface area (Å²) >= 11 is 0. The molecule has 1 atom stereocenters. The highest BCUT2D eigenvalue weighted by molar-refractivity contribution is 5.94. The van der Waals surface area contributed by atoms with Gasteiger partial charge < -0.3 is 10.4 Å². The first-order valence-electron chi connectivity index (χ1n) is 6.45. The van der Waals surface area contributed by atoms with E-state index in [4.69, 9.17) is 0 Å². The van der Waals surface area contributed by atoms with Gasteiger partial charge in [-0.1, -0.05) is 23.8 Å². The Kier molecular flexibility index (Phi) is 4.65. The lowest BCUT2D eigenvalue weighted by Gasteiger charge is -2.12. The van der Waals surface area contributed by atoms with E-state index in [-0.39, 0.29) is 18.0 Å². The van der Waals surface area contributed by atoms with Crippen molar-refractivity contribution < 1.29 is 18.7 Å². The Labute approximate surface area is 121 Å². The Hall–Kier alpha value is -2.27. The summed E-state index contributed by atoms with van der Waals surface area (Å²) in [6.07, 6.45) is -1.10. The van der Waals surface area contributed by atoms with Crippen molar-refractivity contribution in [2.45, 2.75) is 13.0 Å². The molecule has 0 heterocycles. The van der Waals surface area contributed by atoms with E-state index in [1.807, 2.05) is 13.0 Å². The molecular formula is C16H15F2NO2. The number of hydrogen-bond acceptors (Lipinski definition) is 2. The van der Waals surface area contributed by atoms with Crippen LogP contribution in [0.15, 0.2) is 42.5 Å². The Morgan fingerprint density at radius 2 is 1.95 bits per heavy atom.